The molecule has 0 aliphatic heterocycles. The summed E-state index contributed by atoms with van der Waals surface area (Å²) in [5.41, 5.74) is 2.80. The summed E-state index contributed by atoms with van der Waals surface area (Å²) in [6.07, 6.45) is 5.27. The predicted octanol–water partition coefficient (Wildman–Crippen LogP) is 5.92. The van der Waals surface area contributed by atoms with Crippen molar-refractivity contribution in [3.8, 4) is 0 Å². The molecule has 0 spiro atoms. The van der Waals surface area contributed by atoms with Crippen LogP contribution >= 0.6 is 0 Å². The van der Waals surface area contributed by atoms with Gasteiger partial charge in [-0.1, -0.05) is 46.8 Å². The highest BCUT2D eigenvalue weighted by Gasteiger charge is 2.71. The minimum Gasteiger partial charge on any atom is -0.481 e. The zero-order chi connectivity index (χ0) is 28.2. The summed E-state index contributed by atoms with van der Waals surface area (Å²) in [5, 5.41) is 32.7. The molecule has 3 saturated carbocycles. The number of carbonyl (C=O) groups is 1. The summed E-state index contributed by atoms with van der Waals surface area (Å²) in [4.78, 5) is 21.7. The van der Waals surface area contributed by atoms with E-state index in [4.69, 9.17) is 9.97 Å². The van der Waals surface area contributed by atoms with Crippen LogP contribution in [0.1, 0.15) is 97.9 Å². The largest absolute Gasteiger partial charge is 0.481 e. The molecule has 3 fully saturated rings. The highest BCUT2D eigenvalue weighted by Crippen LogP contribution is 2.75. The number of fused-ring (bicyclic) bond motifs is 7. The molecule has 0 saturated heterocycles. The van der Waals surface area contributed by atoms with Gasteiger partial charge in [0.1, 0.15) is 0 Å². The second-order valence-electron chi connectivity index (χ2n) is 15.1. The van der Waals surface area contributed by atoms with Crippen molar-refractivity contribution in [3.05, 3.63) is 35.7 Å². The number of carboxylic acids is 1. The van der Waals surface area contributed by atoms with Gasteiger partial charge in [0.25, 0.3) is 0 Å². The quantitative estimate of drug-likeness (QED) is 0.450. The molecular weight excluding hydrogens is 488 g/mol. The summed E-state index contributed by atoms with van der Waals surface area (Å²) in [7, 11) is 0. The molecule has 9 atom stereocenters. The topological polar surface area (TPSA) is 104 Å². The number of aliphatic carboxylic acids is 1. The zero-order valence-electron chi connectivity index (χ0n) is 24.5. The lowest BCUT2D eigenvalue weighted by Crippen LogP contribution is -2.66. The number of para-hydroxylation sites is 2. The Bertz CT molecular complexity index is 1320. The molecule has 6 rings (SSSR count). The maximum atomic E-state index is 11.9. The number of aromatic nitrogens is 2. The fourth-order valence-corrected chi connectivity index (χ4v) is 11.0. The molecule has 1 aromatic heterocycles. The van der Waals surface area contributed by atoms with Crippen LogP contribution in [0.15, 0.2) is 24.3 Å². The van der Waals surface area contributed by atoms with E-state index in [1.165, 1.54) is 0 Å². The van der Waals surface area contributed by atoms with E-state index in [0.717, 1.165) is 60.9 Å². The maximum Gasteiger partial charge on any atom is 0.303 e. The molecule has 2 aromatic rings. The third-order valence-electron chi connectivity index (χ3n) is 13.0. The molecule has 4 aliphatic carbocycles. The Hall–Kier alpha value is -2.05. The molecule has 212 valence electrons. The Morgan fingerprint density at radius 3 is 2.31 bits per heavy atom. The van der Waals surface area contributed by atoms with Crippen LogP contribution in [0, 0.1) is 39.9 Å². The lowest BCUT2D eigenvalue weighted by atomic mass is 9.35. The van der Waals surface area contributed by atoms with Gasteiger partial charge in [-0.05, 0) is 104 Å². The summed E-state index contributed by atoms with van der Waals surface area (Å²) < 4.78 is 0. The van der Waals surface area contributed by atoms with E-state index in [1.54, 1.807) is 6.92 Å². The molecule has 0 radical (unpaired) electrons. The van der Waals surface area contributed by atoms with Gasteiger partial charge in [0.2, 0.25) is 0 Å². The van der Waals surface area contributed by atoms with E-state index >= 15 is 0 Å². The predicted molar refractivity (Wildman–Crippen MR) is 151 cm³/mol. The molecule has 0 unspecified atom stereocenters. The van der Waals surface area contributed by atoms with Gasteiger partial charge in [-0.3, -0.25) is 4.79 Å². The Morgan fingerprint density at radius 1 is 1.00 bits per heavy atom. The van der Waals surface area contributed by atoms with E-state index in [1.807, 2.05) is 12.1 Å². The van der Waals surface area contributed by atoms with E-state index in [0.29, 0.717) is 11.8 Å². The van der Waals surface area contributed by atoms with Crippen molar-refractivity contribution >= 4 is 17.0 Å². The average Bonchev–Trinajstić information content (AvgIpc) is 3.24. The van der Waals surface area contributed by atoms with Crippen molar-refractivity contribution in [2.75, 3.05) is 0 Å². The lowest BCUT2D eigenvalue weighted by molar-refractivity contribution is -0.224. The summed E-state index contributed by atoms with van der Waals surface area (Å²) in [6, 6.07) is 8.18. The van der Waals surface area contributed by atoms with Crippen LogP contribution in [0.25, 0.3) is 11.0 Å². The number of rotatable bonds is 4. The Labute approximate surface area is 232 Å². The molecule has 1 aromatic carbocycles. The fraction of sp³-hybridized carbons (Fsp3) is 0.727. The molecule has 6 nitrogen and oxygen atoms in total. The van der Waals surface area contributed by atoms with Gasteiger partial charge in [-0.25, -0.2) is 9.97 Å². The van der Waals surface area contributed by atoms with E-state index in [9.17, 15) is 20.1 Å². The molecule has 3 N–H and O–H groups in total. The van der Waals surface area contributed by atoms with Crippen LogP contribution in [0.4, 0.5) is 0 Å². The van der Waals surface area contributed by atoms with Gasteiger partial charge >= 0.3 is 5.97 Å². The molecular formula is C33H46N2O4. The van der Waals surface area contributed by atoms with Crippen LogP contribution in [-0.2, 0) is 16.6 Å². The van der Waals surface area contributed by atoms with Crippen molar-refractivity contribution in [1.29, 1.82) is 0 Å². The number of aliphatic hydroxyl groups is 2. The first-order valence-electron chi connectivity index (χ1n) is 15.0. The summed E-state index contributed by atoms with van der Waals surface area (Å²) in [6.45, 7) is 13.8. The first-order valence-corrected chi connectivity index (χ1v) is 15.0. The van der Waals surface area contributed by atoms with Gasteiger partial charge in [-0.2, -0.15) is 0 Å². The average molecular weight is 535 g/mol. The Kier molecular flexibility index (Phi) is 5.90. The van der Waals surface area contributed by atoms with E-state index < -0.39 is 17.7 Å². The standard InChI is InChI=1S/C33H46N2O4/c1-29(2)24-12-15-31(4)25(30(24,3)18-22-28(29)35-21-10-8-7-9-20(21)34-22)17-23(36)27-19(11-14-32(27,31)5)33(6,39)16-13-26(37)38/h7-10,19,23-25,27,36,39H,11-18H2,1-6H3,(H,37,38)/t19-,23+,24-,25+,27-,30-,31+,32+,33-/m0/s1. The highest BCUT2D eigenvalue weighted by molar-refractivity contribution is 5.74. The van der Waals surface area contributed by atoms with Gasteiger partial charge in [0.05, 0.1) is 34.1 Å². The van der Waals surface area contributed by atoms with Crippen molar-refractivity contribution < 1.29 is 20.1 Å². The van der Waals surface area contributed by atoms with Crippen LogP contribution < -0.4 is 0 Å². The van der Waals surface area contributed by atoms with Crippen molar-refractivity contribution in [1.82, 2.24) is 9.97 Å². The minimum atomic E-state index is -1.10. The maximum absolute atomic E-state index is 11.9. The molecule has 6 heteroatoms. The normalized spacial score (nSPS) is 42.1. The van der Waals surface area contributed by atoms with Crippen LogP contribution in [0.2, 0.25) is 0 Å². The second-order valence-corrected chi connectivity index (χ2v) is 15.1. The van der Waals surface area contributed by atoms with Crippen LogP contribution in [-0.4, -0.2) is 43.0 Å². The summed E-state index contributed by atoms with van der Waals surface area (Å²) >= 11 is 0. The minimum absolute atomic E-state index is 0.0115. The van der Waals surface area contributed by atoms with Crippen molar-refractivity contribution in [2.45, 2.75) is 110 Å². The smallest absolute Gasteiger partial charge is 0.303 e. The highest BCUT2D eigenvalue weighted by atomic mass is 16.4. The molecule has 39 heavy (non-hydrogen) atoms. The third kappa shape index (κ3) is 3.62. The van der Waals surface area contributed by atoms with Crippen molar-refractivity contribution in [2.24, 2.45) is 39.9 Å². The van der Waals surface area contributed by atoms with Crippen molar-refractivity contribution in [3.63, 3.8) is 0 Å². The number of carboxylic acid groups (broad SMARTS) is 1. The lowest BCUT2D eigenvalue weighted by Gasteiger charge is -2.69. The van der Waals surface area contributed by atoms with Gasteiger partial charge in [0.15, 0.2) is 0 Å². The van der Waals surface area contributed by atoms with Gasteiger partial charge in [0, 0.05) is 11.8 Å². The first kappa shape index (κ1) is 27.1. The number of hydrogen-bond acceptors (Lipinski definition) is 5. The van der Waals surface area contributed by atoms with E-state index in [-0.39, 0.29) is 46.3 Å². The van der Waals surface area contributed by atoms with Crippen LogP contribution in [0.3, 0.4) is 0 Å². The molecule has 4 aliphatic rings. The van der Waals surface area contributed by atoms with E-state index in [2.05, 4.69) is 46.8 Å². The monoisotopic (exact) mass is 534 g/mol. The summed E-state index contributed by atoms with van der Waals surface area (Å²) in [5.74, 6) is -0.247. The van der Waals surface area contributed by atoms with Crippen LogP contribution in [0.5, 0.6) is 0 Å². The Balaban J connectivity index is 1.40. The third-order valence-corrected chi connectivity index (χ3v) is 13.0. The van der Waals surface area contributed by atoms with Gasteiger partial charge < -0.3 is 15.3 Å². The molecule has 0 bridgehead atoms. The number of benzene rings is 1. The Morgan fingerprint density at radius 2 is 1.64 bits per heavy atom. The number of aliphatic hydroxyl groups excluding tert-OH is 1. The molecule has 0 amide bonds. The number of nitrogens with zero attached hydrogens (tertiary/aromatic N) is 2. The SMILES string of the molecule is CC1(C)c2nc3ccccc3nc2C[C@]2(C)[C@H]3C[C@@H](O)[C@@H]4[C@@H]([C@@](C)(O)CCC(=O)O)CC[C@@]4(C)[C@]3(C)CC[C@@H]12. The zero-order valence-corrected chi connectivity index (χ0v) is 24.5. The second kappa shape index (κ2) is 8.48. The van der Waals surface area contributed by atoms with Gasteiger partial charge in [-0.15, -0.1) is 0 Å². The number of hydrogen-bond donors (Lipinski definition) is 3. The first-order chi connectivity index (χ1) is 18.1. The molecule has 1 heterocycles. The fourth-order valence-electron chi connectivity index (χ4n) is 11.0.